The first-order valence-corrected chi connectivity index (χ1v) is 13.7. The van der Waals surface area contributed by atoms with Crippen LogP contribution >= 0.6 is 0 Å². The molecule has 0 spiro atoms. The van der Waals surface area contributed by atoms with Gasteiger partial charge in [-0.25, -0.2) is 9.78 Å². The number of rotatable bonds is 6. The van der Waals surface area contributed by atoms with Gasteiger partial charge in [0.05, 0.1) is 38.5 Å². The summed E-state index contributed by atoms with van der Waals surface area (Å²) < 4.78 is 12.9. The second-order valence-corrected chi connectivity index (χ2v) is 10.4. The minimum atomic E-state index is -0.745. The van der Waals surface area contributed by atoms with Gasteiger partial charge in [-0.15, -0.1) is 0 Å². The average Bonchev–Trinajstić information content (AvgIpc) is 3.20. The molecule has 1 unspecified atom stereocenters. The SMILES string of the molecule is COc1ccc(C(=O)N2Cc3c(ncn3Cc3ccccc3C)CC2C(=O)N2CCCN(C(N)=O)CC2)cc1OC. The molecule has 1 atom stereocenters. The number of amides is 4. The maximum absolute atomic E-state index is 14.1. The highest BCUT2D eigenvalue weighted by Gasteiger charge is 2.40. The number of methoxy groups -OCH3 is 2. The summed E-state index contributed by atoms with van der Waals surface area (Å²) in [5.41, 5.74) is 9.93. The number of imidazole rings is 1. The summed E-state index contributed by atoms with van der Waals surface area (Å²) >= 11 is 0. The van der Waals surface area contributed by atoms with Crippen LogP contribution in [0.15, 0.2) is 48.8 Å². The van der Waals surface area contributed by atoms with E-state index in [0.29, 0.717) is 62.6 Å². The lowest BCUT2D eigenvalue weighted by molar-refractivity contribution is -0.136. The van der Waals surface area contributed by atoms with Crippen LogP contribution in [-0.4, -0.2) is 88.5 Å². The van der Waals surface area contributed by atoms with E-state index in [1.807, 2.05) is 12.1 Å². The lowest BCUT2D eigenvalue weighted by atomic mass is 9.99. The van der Waals surface area contributed by atoms with Crippen molar-refractivity contribution in [1.82, 2.24) is 24.3 Å². The van der Waals surface area contributed by atoms with E-state index in [4.69, 9.17) is 15.2 Å². The fourth-order valence-electron chi connectivity index (χ4n) is 5.61. The molecule has 5 rings (SSSR count). The van der Waals surface area contributed by atoms with Crippen molar-refractivity contribution in [2.45, 2.75) is 38.9 Å². The van der Waals surface area contributed by atoms with Crippen molar-refractivity contribution in [1.29, 1.82) is 0 Å². The highest BCUT2D eigenvalue weighted by Crippen LogP contribution is 2.31. The van der Waals surface area contributed by atoms with Gasteiger partial charge in [0.2, 0.25) is 5.91 Å². The molecule has 1 aromatic heterocycles. The summed E-state index contributed by atoms with van der Waals surface area (Å²) in [7, 11) is 3.06. The molecular weight excluding hydrogens is 524 g/mol. The van der Waals surface area contributed by atoms with E-state index >= 15 is 0 Å². The lowest BCUT2D eigenvalue weighted by Gasteiger charge is -2.37. The van der Waals surface area contributed by atoms with Crippen LogP contribution in [-0.2, 0) is 24.3 Å². The second-order valence-electron chi connectivity index (χ2n) is 10.4. The van der Waals surface area contributed by atoms with Crippen LogP contribution in [0.4, 0.5) is 4.79 Å². The number of fused-ring (bicyclic) bond motifs is 1. The molecule has 0 radical (unpaired) electrons. The van der Waals surface area contributed by atoms with Crippen molar-refractivity contribution in [2.75, 3.05) is 40.4 Å². The summed E-state index contributed by atoms with van der Waals surface area (Å²) in [6.45, 7) is 4.59. The molecule has 11 heteroatoms. The van der Waals surface area contributed by atoms with Gasteiger partial charge < -0.3 is 34.5 Å². The first-order valence-electron chi connectivity index (χ1n) is 13.7. The third kappa shape index (κ3) is 5.70. The Labute approximate surface area is 239 Å². The topological polar surface area (TPSA) is 123 Å². The summed E-state index contributed by atoms with van der Waals surface area (Å²) in [5.74, 6) is 0.497. The summed E-state index contributed by atoms with van der Waals surface area (Å²) in [4.78, 5) is 49.4. The predicted molar refractivity (Wildman–Crippen MR) is 152 cm³/mol. The van der Waals surface area contributed by atoms with Gasteiger partial charge in [-0.2, -0.15) is 0 Å². The molecule has 216 valence electrons. The molecule has 1 fully saturated rings. The van der Waals surface area contributed by atoms with Crippen molar-refractivity contribution in [2.24, 2.45) is 5.73 Å². The van der Waals surface area contributed by atoms with Crippen LogP contribution in [0, 0.1) is 6.92 Å². The van der Waals surface area contributed by atoms with Crippen molar-refractivity contribution in [3.05, 3.63) is 76.9 Å². The zero-order valence-electron chi connectivity index (χ0n) is 23.7. The molecule has 0 bridgehead atoms. The monoisotopic (exact) mass is 560 g/mol. The van der Waals surface area contributed by atoms with Gasteiger partial charge in [-0.1, -0.05) is 24.3 Å². The molecule has 3 heterocycles. The zero-order chi connectivity index (χ0) is 29.1. The Kier molecular flexibility index (Phi) is 8.14. The Morgan fingerprint density at radius 1 is 0.976 bits per heavy atom. The fourth-order valence-corrected chi connectivity index (χ4v) is 5.61. The van der Waals surface area contributed by atoms with Crippen LogP contribution in [0.3, 0.4) is 0 Å². The highest BCUT2D eigenvalue weighted by molar-refractivity contribution is 5.98. The Morgan fingerprint density at radius 3 is 2.44 bits per heavy atom. The number of urea groups is 1. The number of benzene rings is 2. The number of aryl methyl sites for hydroxylation is 1. The molecule has 4 amide bonds. The Balaban J connectivity index is 1.48. The quantitative estimate of drug-likeness (QED) is 0.494. The van der Waals surface area contributed by atoms with Crippen LogP contribution in [0.5, 0.6) is 11.5 Å². The van der Waals surface area contributed by atoms with Gasteiger partial charge in [0.1, 0.15) is 6.04 Å². The van der Waals surface area contributed by atoms with E-state index in [0.717, 1.165) is 17.0 Å². The minimum absolute atomic E-state index is 0.163. The van der Waals surface area contributed by atoms with E-state index in [9.17, 15) is 14.4 Å². The molecular formula is C30H36N6O5. The van der Waals surface area contributed by atoms with Crippen LogP contribution in [0.1, 0.15) is 39.3 Å². The number of nitrogens with two attached hydrogens (primary N) is 1. The number of hydrogen-bond acceptors (Lipinski definition) is 6. The van der Waals surface area contributed by atoms with Crippen LogP contribution < -0.4 is 15.2 Å². The Bertz CT molecular complexity index is 1450. The Morgan fingerprint density at radius 2 is 1.71 bits per heavy atom. The first kappa shape index (κ1) is 28.0. The van der Waals surface area contributed by atoms with Crippen molar-refractivity contribution in [3.8, 4) is 11.5 Å². The molecule has 2 aromatic carbocycles. The van der Waals surface area contributed by atoms with Crippen molar-refractivity contribution < 1.29 is 23.9 Å². The third-order valence-corrected chi connectivity index (χ3v) is 8.01. The lowest BCUT2D eigenvalue weighted by Crippen LogP contribution is -2.54. The summed E-state index contributed by atoms with van der Waals surface area (Å²) in [6.07, 6.45) is 2.70. The molecule has 0 saturated carbocycles. The molecule has 11 nitrogen and oxygen atoms in total. The standard InChI is InChI=1S/C30H36N6O5/c1-20-7-4-5-8-22(20)17-35-19-32-23-16-24(29(38)33-11-6-12-34(14-13-33)30(31)39)36(18-25(23)35)28(37)21-9-10-26(40-2)27(15-21)41-3/h4-5,7-10,15,19,24H,6,11-14,16-18H2,1-3H3,(H2,31,39). The number of primary amides is 1. The molecule has 2 aliphatic heterocycles. The number of carbonyl (C=O) groups is 3. The number of carbonyl (C=O) groups excluding carboxylic acids is 3. The largest absolute Gasteiger partial charge is 0.493 e. The highest BCUT2D eigenvalue weighted by atomic mass is 16.5. The van der Waals surface area contributed by atoms with Crippen LogP contribution in [0.2, 0.25) is 0 Å². The third-order valence-electron chi connectivity index (χ3n) is 8.01. The normalized spacial score (nSPS) is 17.0. The van der Waals surface area contributed by atoms with E-state index < -0.39 is 12.1 Å². The number of ether oxygens (including phenoxy) is 2. The number of aromatic nitrogens is 2. The molecule has 1 saturated heterocycles. The van der Waals surface area contributed by atoms with Gasteiger partial charge in [0.25, 0.3) is 5.91 Å². The molecule has 2 N–H and O–H groups in total. The molecule has 2 aliphatic rings. The number of nitrogens with zero attached hydrogens (tertiary/aromatic N) is 5. The summed E-state index contributed by atoms with van der Waals surface area (Å²) in [5, 5.41) is 0. The van der Waals surface area contributed by atoms with E-state index in [1.54, 1.807) is 39.2 Å². The predicted octanol–water partition coefficient (Wildman–Crippen LogP) is 2.44. The van der Waals surface area contributed by atoms with Gasteiger partial charge in [0.15, 0.2) is 11.5 Å². The van der Waals surface area contributed by atoms with E-state index in [-0.39, 0.29) is 18.4 Å². The number of hydrogen-bond donors (Lipinski definition) is 1. The van der Waals surface area contributed by atoms with Crippen molar-refractivity contribution >= 4 is 17.8 Å². The van der Waals surface area contributed by atoms with Gasteiger partial charge in [-0.05, 0) is 42.7 Å². The van der Waals surface area contributed by atoms with Crippen LogP contribution in [0.25, 0.3) is 0 Å². The molecule has 0 aliphatic carbocycles. The maximum Gasteiger partial charge on any atom is 0.314 e. The molecule has 3 aromatic rings. The average molecular weight is 561 g/mol. The zero-order valence-corrected chi connectivity index (χ0v) is 23.7. The van der Waals surface area contributed by atoms with Gasteiger partial charge >= 0.3 is 6.03 Å². The van der Waals surface area contributed by atoms with E-state index in [1.165, 1.54) is 19.8 Å². The maximum atomic E-state index is 14.1. The molecule has 41 heavy (non-hydrogen) atoms. The first-order chi connectivity index (χ1) is 19.8. The van der Waals surface area contributed by atoms with Crippen molar-refractivity contribution in [3.63, 3.8) is 0 Å². The van der Waals surface area contributed by atoms with E-state index in [2.05, 4.69) is 28.6 Å². The summed E-state index contributed by atoms with van der Waals surface area (Å²) in [6, 6.07) is 11.9. The fraction of sp³-hybridized carbons (Fsp3) is 0.400. The minimum Gasteiger partial charge on any atom is -0.493 e. The van der Waals surface area contributed by atoms with Gasteiger partial charge in [0, 0.05) is 44.7 Å². The Hall–Kier alpha value is -4.54. The smallest absolute Gasteiger partial charge is 0.314 e. The second kappa shape index (κ2) is 11.9. The van der Waals surface area contributed by atoms with Gasteiger partial charge in [-0.3, -0.25) is 9.59 Å².